The van der Waals surface area contributed by atoms with Gasteiger partial charge in [0.25, 0.3) is 6.43 Å². The fourth-order valence-electron chi connectivity index (χ4n) is 0.621. The number of halogens is 2. The third kappa shape index (κ3) is 3.06. The van der Waals surface area contributed by atoms with Crippen molar-refractivity contribution in [2.75, 3.05) is 11.9 Å². The number of rotatable bonds is 4. The number of alkyl halides is 2. The second-order valence-corrected chi connectivity index (χ2v) is 3.57. The van der Waals surface area contributed by atoms with E-state index in [1.165, 1.54) is 0 Å². The van der Waals surface area contributed by atoms with E-state index in [-0.39, 0.29) is 5.01 Å². The summed E-state index contributed by atoms with van der Waals surface area (Å²) >= 11 is 0.859. The molecule has 0 amide bonds. The Hall–Kier alpha value is -1.04. The van der Waals surface area contributed by atoms with Crippen molar-refractivity contribution in [3.63, 3.8) is 0 Å². The summed E-state index contributed by atoms with van der Waals surface area (Å²) in [4.78, 5) is 0. The van der Waals surface area contributed by atoms with Gasteiger partial charge in [-0.3, -0.25) is 0 Å². The molecule has 3 nitrogen and oxygen atoms in total. The summed E-state index contributed by atoms with van der Waals surface area (Å²) in [5.41, 5.74) is 0.911. The van der Waals surface area contributed by atoms with E-state index in [0.717, 1.165) is 16.9 Å². The molecule has 13 heavy (non-hydrogen) atoms. The maximum atomic E-state index is 12.0. The van der Waals surface area contributed by atoms with Gasteiger partial charge in [-0.05, 0) is 6.92 Å². The van der Waals surface area contributed by atoms with Crippen molar-refractivity contribution in [3.05, 3.63) is 17.2 Å². The minimum absolute atomic E-state index is 0.260. The fraction of sp³-hybridized carbons (Fsp3) is 0.429. The maximum Gasteiger partial charge on any atom is 0.291 e. The number of anilines is 1. The summed E-state index contributed by atoms with van der Waals surface area (Å²) < 4.78 is 24.1. The van der Waals surface area contributed by atoms with E-state index in [1.54, 1.807) is 0 Å². The van der Waals surface area contributed by atoms with Crippen LogP contribution in [-0.2, 0) is 0 Å². The Kier molecular flexibility index (Phi) is 3.30. The summed E-state index contributed by atoms with van der Waals surface area (Å²) in [6, 6.07) is 0. The highest BCUT2D eigenvalue weighted by molar-refractivity contribution is 7.15. The van der Waals surface area contributed by atoms with Gasteiger partial charge in [0.2, 0.25) is 5.13 Å². The van der Waals surface area contributed by atoms with Crippen molar-refractivity contribution in [2.45, 2.75) is 13.3 Å². The van der Waals surface area contributed by atoms with E-state index in [1.807, 2.05) is 6.92 Å². The Bertz CT molecular complexity index is 298. The lowest BCUT2D eigenvalue weighted by molar-refractivity contribution is 0.150. The zero-order chi connectivity index (χ0) is 9.84. The topological polar surface area (TPSA) is 37.8 Å². The number of hydrogen-bond donors (Lipinski definition) is 1. The van der Waals surface area contributed by atoms with Crippen molar-refractivity contribution in [1.29, 1.82) is 0 Å². The van der Waals surface area contributed by atoms with Crippen LogP contribution < -0.4 is 5.32 Å². The van der Waals surface area contributed by atoms with Gasteiger partial charge in [0.15, 0.2) is 5.01 Å². The highest BCUT2D eigenvalue weighted by Crippen LogP contribution is 2.24. The third-order valence-corrected chi connectivity index (χ3v) is 2.06. The van der Waals surface area contributed by atoms with Crippen molar-refractivity contribution in [2.24, 2.45) is 0 Å². The molecule has 0 saturated carbocycles. The summed E-state index contributed by atoms with van der Waals surface area (Å²) in [6.45, 7) is 6.02. The summed E-state index contributed by atoms with van der Waals surface area (Å²) in [7, 11) is 0. The van der Waals surface area contributed by atoms with Crippen LogP contribution in [0.4, 0.5) is 13.9 Å². The lowest BCUT2D eigenvalue weighted by Gasteiger charge is -1.98. The van der Waals surface area contributed by atoms with Crippen LogP contribution in [0.2, 0.25) is 0 Å². The predicted octanol–water partition coefficient (Wildman–Crippen LogP) is 2.46. The van der Waals surface area contributed by atoms with Crippen LogP contribution >= 0.6 is 11.3 Å². The van der Waals surface area contributed by atoms with Crippen molar-refractivity contribution in [3.8, 4) is 0 Å². The minimum atomic E-state index is -2.54. The molecular weight excluding hydrogens is 196 g/mol. The molecule has 6 heteroatoms. The first-order valence-electron chi connectivity index (χ1n) is 3.59. The summed E-state index contributed by atoms with van der Waals surface area (Å²) in [5.74, 6) is 0. The predicted molar refractivity (Wildman–Crippen MR) is 48.2 cm³/mol. The molecule has 0 aliphatic rings. The van der Waals surface area contributed by atoms with Crippen molar-refractivity contribution in [1.82, 2.24) is 10.2 Å². The zero-order valence-corrected chi connectivity index (χ0v) is 7.87. The van der Waals surface area contributed by atoms with Gasteiger partial charge in [-0.15, -0.1) is 10.2 Å². The van der Waals surface area contributed by atoms with Crippen LogP contribution in [0.25, 0.3) is 0 Å². The van der Waals surface area contributed by atoms with E-state index in [0.29, 0.717) is 11.7 Å². The standard InChI is InChI=1S/C7H9F2N3S/c1-4(2)3-10-7-12-11-6(13-7)5(8)9/h5H,1,3H2,2H3,(H,10,12). The molecule has 0 fully saturated rings. The lowest BCUT2D eigenvalue weighted by Crippen LogP contribution is -2.00. The molecule has 0 unspecified atom stereocenters. The first-order chi connectivity index (χ1) is 6.09. The lowest BCUT2D eigenvalue weighted by atomic mass is 10.4. The molecule has 1 heterocycles. The molecule has 0 atom stereocenters. The van der Waals surface area contributed by atoms with Crippen LogP contribution in [0, 0.1) is 0 Å². The third-order valence-electron chi connectivity index (χ3n) is 1.17. The molecule has 0 spiro atoms. The van der Waals surface area contributed by atoms with Gasteiger partial charge >= 0.3 is 0 Å². The van der Waals surface area contributed by atoms with Crippen molar-refractivity contribution < 1.29 is 8.78 Å². The van der Waals surface area contributed by atoms with E-state index in [9.17, 15) is 8.78 Å². The Morgan fingerprint density at radius 3 is 2.77 bits per heavy atom. The number of nitrogens with zero attached hydrogens (tertiary/aromatic N) is 2. The molecule has 0 aromatic carbocycles. The summed E-state index contributed by atoms with van der Waals surface area (Å²) in [5, 5.41) is 9.84. The van der Waals surface area contributed by atoms with Gasteiger partial charge in [0.05, 0.1) is 0 Å². The van der Waals surface area contributed by atoms with Crippen LogP contribution in [0.5, 0.6) is 0 Å². The zero-order valence-electron chi connectivity index (χ0n) is 7.05. The Morgan fingerprint density at radius 2 is 2.31 bits per heavy atom. The number of nitrogens with one attached hydrogen (secondary N) is 1. The van der Waals surface area contributed by atoms with Gasteiger partial charge in [-0.2, -0.15) is 0 Å². The Balaban J connectivity index is 2.54. The molecule has 0 aliphatic heterocycles. The quantitative estimate of drug-likeness (QED) is 0.767. The molecule has 1 rings (SSSR count). The highest BCUT2D eigenvalue weighted by Gasteiger charge is 2.13. The molecule has 0 saturated heterocycles. The van der Waals surface area contributed by atoms with Gasteiger partial charge < -0.3 is 5.32 Å². The monoisotopic (exact) mass is 205 g/mol. The van der Waals surface area contributed by atoms with Gasteiger partial charge in [0, 0.05) is 6.54 Å². The van der Waals surface area contributed by atoms with Crippen LogP contribution in [-0.4, -0.2) is 16.7 Å². The molecular formula is C7H9F2N3S. The highest BCUT2D eigenvalue weighted by atomic mass is 32.1. The first-order valence-corrected chi connectivity index (χ1v) is 4.41. The first kappa shape index (κ1) is 10.0. The largest absolute Gasteiger partial charge is 0.356 e. The van der Waals surface area contributed by atoms with Gasteiger partial charge in [-0.1, -0.05) is 23.5 Å². The molecule has 0 aliphatic carbocycles. The average molecular weight is 205 g/mol. The average Bonchev–Trinajstić information content (AvgIpc) is 2.48. The normalized spacial score (nSPS) is 10.5. The molecule has 72 valence electrons. The van der Waals surface area contributed by atoms with E-state index in [2.05, 4.69) is 22.1 Å². The second-order valence-electron chi connectivity index (χ2n) is 2.56. The summed E-state index contributed by atoms with van der Waals surface area (Å²) in [6.07, 6.45) is -2.54. The molecule has 1 N–H and O–H groups in total. The van der Waals surface area contributed by atoms with Crippen LogP contribution in [0.3, 0.4) is 0 Å². The second kappa shape index (κ2) is 4.27. The van der Waals surface area contributed by atoms with Crippen molar-refractivity contribution >= 4 is 16.5 Å². The van der Waals surface area contributed by atoms with Crippen LogP contribution in [0.1, 0.15) is 18.4 Å². The molecule has 1 aromatic rings. The number of hydrogen-bond acceptors (Lipinski definition) is 4. The minimum Gasteiger partial charge on any atom is -0.356 e. The molecule has 0 radical (unpaired) electrons. The smallest absolute Gasteiger partial charge is 0.291 e. The Morgan fingerprint density at radius 1 is 1.62 bits per heavy atom. The SMILES string of the molecule is C=C(C)CNc1nnc(C(F)F)s1. The van der Waals surface area contributed by atoms with E-state index >= 15 is 0 Å². The van der Waals surface area contributed by atoms with Gasteiger partial charge in [0.1, 0.15) is 0 Å². The van der Waals surface area contributed by atoms with Crippen LogP contribution in [0.15, 0.2) is 12.2 Å². The van der Waals surface area contributed by atoms with E-state index in [4.69, 9.17) is 0 Å². The number of aromatic nitrogens is 2. The molecule has 0 bridgehead atoms. The van der Waals surface area contributed by atoms with E-state index < -0.39 is 6.43 Å². The Labute approximate surface area is 78.5 Å². The fourth-order valence-corrected chi connectivity index (χ4v) is 1.22. The maximum absolute atomic E-state index is 12.0. The molecule has 1 aromatic heterocycles. The van der Waals surface area contributed by atoms with Gasteiger partial charge in [-0.25, -0.2) is 8.78 Å².